The summed E-state index contributed by atoms with van der Waals surface area (Å²) in [5.41, 5.74) is 0.155. The third-order valence-electron chi connectivity index (χ3n) is 5.42. The fourth-order valence-electron chi connectivity index (χ4n) is 4.91. The zero-order chi connectivity index (χ0) is 9.34. The van der Waals surface area contributed by atoms with Crippen LogP contribution in [0, 0.1) is 29.1 Å². The van der Waals surface area contributed by atoms with E-state index < -0.39 is 0 Å². The van der Waals surface area contributed by atoms with Gasteiger partial charge in [0, 0.05) is 11.3 Å². The van der Waals surface area contributed by atoms with Crippen LogP contribution in [0.4, 0.5) is 0 Å². The van der Waals surface area contributed by atoms with Crippen molar-refractivity contribution in [2.24, 2.45) is 29.1 Å². The van der Waals surface area contributed by atoms with E-state index >= 15 is 0 Å². The molecular formula is C13H16O. The molecule has 0 N–H and O–H groups in total. The largest absolute Gasteiger partial charge is 0.299 e. The van der Waals surface area contributed by atoms with E-state index in [0.29, 0.717) is 17.6 Å². The lowest BCUT2D eigenvalue weighted by Gasteiger charge is -2.38. The highest BCUT2D eigenvalue weighted by molar-refractivity contribution is 5.91. The summed E-state index contributed by atoms with van der Waals surface area (Å²) < 4.78 is 0. The summed E-state index contributed by atoms with van der Waals surface area (Å²) in [5.74, 6) is 3.27. The number of allylic oxidation sites excluding steroid dienone is 2. The van der Waals surface area contributed by atoms with Crippen LogP contribution in [-0.4, -0.2) is 5.78 Å². The highest BCUT2D eigenvalue weighted by Crippen LogP contribution is 2.66. The van der Waals surface area contributed by atoms with Gasteiger partial charge in [-0.3, -0.25) is 4.79 Å². The van der Waals surface area contributed by atoms with E-state index in [1.54, 1.807) is 0 Å². The fraction of sp³-hybridized carbons (Fsp3) is 0.769. The van der Waals surface area contributed by atoms with Crippen LogP contribution < -0.4 is 0 Å². The minimum absolute atomic E-state index is 0.155. The van der Waals surface area contributed by atoms with E-state index in [-0.39, 0.29) is 5.41 Å². The average Bonchev–Trinajstić information content (AvgIpc) is 2.91. The van der Waals surface area contributed by atoms with Gasteiger partial charge in [0.15, 0.2) is 0 Å². The predicted molar refractivity (Wildman–Crippen MR) is 53.6 cm³/mol. The molecule has 4 bridgehead atoms. The molecular weight excluding hydrogens is 172 g/mol. The molecule has 0 saturated heterocycles. The molecule has 1 nitrogen and oxygen atoms in total. The summed E-state index contributed by atoms with van der Waals surface area (Å²) in [6.07, 6.45) is 11.0. The molecule has 0 aromatic heterocycles. The Labute approximate surface area is 84.6 Å². The summed E-state index contributed by atoms with van der Waals surface area (Å²) in [6.45, 7) is 0. The van der Waals surface area contributed by atoms with Crippen molar-refractivity contribution in [1.82, 2.24) is 0 Å². The van der Waals surface area contributed by atoms with Crippen molar-refractivity contribution in [2.75, 3.05) is 0 Å². The number of ketones is 1. The van der Waals surface area contributed by atoms with Crippen LogP contribution in [0.25, 0.3) is 0 Å². The first-order valence-corrected chi connectivity index (χ1v) is 6.03. The van der Waals surface area contributed by atoms with Gasteiger partial charge >= 0.3 is 0 Å². The number of rotatable bonds is 0. The van der Waals surface area contributed by atoms with Crippen molar-refractivity contribution in [3.63, 3.8) is 0 Å². The van der Waals surface area contributed by atoms with Crippen molar-refractivity contribution in [3.05, 3.63) is 12.2 Å². The second-order valence-electron chi connectivity index (χ2n) is 5.80. The van der Waals surface area contributed by atoms with E-state index in [1.165, 1.54) is 32.1 Å². The number of hydrogen-bond donors (Lipinski definition) is 0. The average molecular weight is 188 g/mol. The second-order valence-corrected chi connectivity index (χ2v) is 5.80. The first-order chi connectivity index (χ1) is 6.80. The number of Topliss-reactive ketones (excluding diaryl/α,β-unsaturated/α-hetero) is 1. The second kappa shape index (κ2) is 2.15. The molecule has 0 amide bonds. The van der Waals surface area contributed by atoms with Gasteiger partial charge in [-0.25, -0.2) is 0 Å². The smallest absolute Gasteiger partial charge is 0.142 e. The molecule has 0 radical (unpaired) electrons. The molecule has 5 atom stereocenters. The fourth-order valence-corrected chi connectivity index (χ4v) is 4.91. The monoisotopic (exact) mass is 188 g/mol. The van der Waals surface area contributed by atoms with Crippen LogP contribution in [-0.2, 0) is 4.79 Å². The highest BCUT2D eigenvalue weighted by Gasteiger charge is 2.64. The Morgan fingerprint density at radius 1 is 1.21 bits per heavy atom. The zero-order valence-electron chi connectivity index (χ0n) is 8.41. The standard InChI is InChI=1S/C13H16O/c14-12-9-2-4-11(6-9)13(12)7-8-1-3-10(13)5-8/h1,3,8-11H,2,4-7H2/t8?,9?,10?,11-,13?/m0/s1. The van der Waals surface area contributed by atoms with Crippen molar-refractivity contribution in [1.29, 1.82) is 0 Å². The van der Waals surface area contributed by atoms with Gasteiger partial charge in [0.2, 0.25) is 0 Å². The van der Waals surface area contributed by atoms with Crippen molar-refractivity contribution >= 4 is 5.78 Å². The molecule has 3 fully saturated rings. The summed E-state index contributed by atoms with van der Waals surface area (Å²) in [7, 11) is 0. The minimum Gasteiger partial charge on any atom is -0.299 e. The Morgan fingerprint density at radius 3 is 2.71 bits per heavy atom. The predicted octanol–water partition coefficient (Wildman–Crippen LogP) is 2.57. The van der Waals surface area contributed by atoms with Crippen LogP contribution in [0.2, 0.25) is 0 Å². The Kier molecular flexibility index (Phi) is 1.18. The van der Waals surface area contributed by atoms with E-state index in [4.69, 9.17) is 0 Å². The van der Waals surface area contributed by atoms with Crippen molar-refractivity contribution < 1.29 is 4.79 Å². The number of hydrogen-bond acceptors (Lipinski definition) is 1. The first-order valence-electron chi connectivity index (χ1n) is 6.03. The van der Waals surface area contributed by atoms with Gasteiger partial charge < -0.3 is 0 Å². The lowest BCUT2D eigenvalue weighted by molar-refractivity contribution is -0.134. The molecule has 0 aromatic rings. The van der Waals surface area contributed by atoms with Crippen LogP contribution >= 0.6 is 0 Å². The maximum atomic E-state index is 12.3. The molecule has 74 valence electrons. The molecule has 1 heteroatoms. The summed E-state index contributed by atoms with van der Waals surface area (Å²) >= 11 is 0. The molecule has 4 aliphatic carbocycles. The van der Waals surface area contributed by atoms with Crippen molar-refractivity contribution in [2.45, 2.75) is 32.1 Å². The van der Waals surface area contributed by atoms with Gasteiger partial charge in [0.1, 0.15) is 5.78 Å². The van der Waals surface area contributed by atoms with E-state index in [1.807, 2.05) is 0 Å². The minimum atomic E-state index is 0.155. The Bertz CT molecular complexity index is 343. The van der Waals surface area contributed by atoms with Crippen LogP contribution in [0.3, 0.4) is 0 Å². The Balaban J connectivity index is 1.84. The van der Waals surface area contributed by atoms with Gasteiger partial charge in [0.25, 0.3) is 0 Å². The van der Waals surface area contributed by atoms with Crippen LogP contribution in [0.1, 0.15) is 32.1 Å². The van der Waals surface area contributed by atoms with E-state index in [0.717, 1.165) is 11.8 Å². The molecule has 3 saturated carbocycles. The Morgan fingerprint density at radius 2 is 2.14 bits per heavy atom. The molecule has 14 heavy (non-hydrogen) atoms. The highest BCUT2D eigenvalue weighted by atomic mass is 16.1. The van der Waals surface area contributed by atoms with Gasteiger partial charge in [-0.1, -0.05) is 12.2 Å². The molecule has 0 aliphatic heterocycles. The lowest BCUT2D eigenvalue weighted by Crippen LogP contribution is -2.40. The maximum Gasteiger partial charge on any atom is 0.142 e. The van der Waals surface area contributed by atoms with Crippen LogP contribution in [0.15, 0.2) is 12.2 Å². The summed E-state index contributed by atoms with van der Waals surface area (Å²) in [5, 5.41) is 0. The van der Waals surface area contributed by atoms with Crippen LogP contribution in [0.5, 0.6) is 0 Å². The van der Waals surface area contributed by atoms with Gasteiger partial charge in [-0.2, -0.15) is 0 Å². The molecule has 1 spiro atoms. The lowest BCUT2D eigenvalue weighted by atomic mass is 9.64. The van der Waals surface area contributed by atoms with Gasteiger partial charge in [0.05, 0.1) is 0 Å². The molecule has 4 aliphatic rings. The maximum absolute atomic E-state index is 12.3. The SMILES string of the molecule is O=C1C2CC[C@@H](C2)C12CC1C=CC2C1. The molecule has 4 rings (SSSR count). The van der Waals surface area contributed by atoms with E-state index in [9.17, 15) is 4.79 Å². The van der Waals surface area contributed by atoms with Crippen molar-refractivity contribution in [3.8, 4) is 0 Å². The van der Waals surface area contributed by atoms with E-state index in [2.05, 4.69) is 12.2 Å². The Hall–Kier alpha value is -0.590. The molecule has 0 heterocycles. The third kappa shape index (κ3) is 0.627. The topological polar surface area (TPSA) is 17.1 Å². The first kappa shape index (κ1) is 7.67. The van der Waals surface area contributed by atoms with Gasteiger partial charge in [-0.05, 0) is 49.9 Å². The zero-order valence-corrected chi connectivity index (χ0v) is 8.41. The van der Waals surface area contributed by atoms with Gasteiger partial charge in [-0.15, -0.1) is 0 Å². The quantitative estimate of drug-likeness (QED) is 0.534. The molecule has 0 aromatic carbocycles. The number of carbonyl (C=O) groups excluding carboxylic acids is 1. The molecule has 4 unspecified atom stereocenters. The number of carbonyl (C=O) groups is 1. The summed E-state index contributed by atoms with van der Waals surface area (Å²) in [6, 6.07) is 0. The summed E-state index contributed by atoms with van der Waals surface area (Å²) in [4.78, 5) is 12.3. The third-order valence-corrected chi connectivity index (χ3v) is 5.42. The number of fused-ring (bicyclic) bond motifs is 6. The normalized spacial score (nSPS) is 58.1.